The number of allylic oxidation sites excluding steroid dienone is 1. The molecule has 0 aromatic heterocycles. The summed E-state index contributed by atoms with van der Waals surface area (Å²) in [5.41, 5.74) is 8.94. The highest BCUT2D eigenvalue weighted by atomic mass is 16.6. The molecule has 0 amide bonds. The second kappa shape index (κ2) is 11.0. The third-order valence-electron chi connectivity index (χ3n) is 6.08. The molecule has 3 aromatic carbocycles. The molecule has 1 aliphatic heterocycles. The number of fused-ring (bicyclic) bond motifs is 1. The van der Waals surface area contributed by atoms with E-state index in [2.05, 4.69) is 19.9 Å². The van der Waals surface area contributed by atoms with Crippen LogP contribution in [-0.2, 0) is 4.79 Å². The average molecular weight is 501 g/mol. The zero-order valence-corrected chi connectivity index (χ0v) is 21.1. The molecule has 0 fully saturated rings. The first-order valence-corrected chi connectivity index (χ1v) is 11.7. The minimum Gasteiger partial charge on any atom is -0.497 e. The SMILES string of the molecule is COc1ccc(C2C(C#N)=C(N)Oc3cc(OC(=O)COc4ccc(C(C)C)cc4)ccc32)c(OC)c1. The van der Waals surface area contributed by atoms with Crippen LogP contribution in [0.5, 0.6) is 28.7 Å². The number of esters is 1. The lowest BCUT2D eigenvalue weighted by Crippen LogP contribution is -2.22. The fourth-order valence-electron chi connectivity index (χ4n) is 4.13. The molecule has 0 saturated heterocycles. The zero-order chi connectivity index (χ0) is 26.5. The van der Waals surface area contributed by atoms with Crippen molar-refractivity contribution in [2.24, 2.45) is 5.73 Å². The van der Waals surface area contributed by atoms with Crippen molar-refractivity contribution in [1.29, 1.82) is 5.26 Å². The summed E-state index contributed by atoms with van der Waals surface area (Å²) in [6.45, 7) is 3.96. The highest BCUT2D eigenvalue weighted by Crippen LogP contribution is 2.46. The van der Waals surface area contributed by atoms with E-state index in [4.69, 9.17) is 29.4 Å². The first-order chi connectivity index (χ1) is 17.8. The third-order valence-corrected chi connectivity index (χ3v) is 6.08. The molecule has 37 heavy (non-hydrogen) atoms. The minimum absolute atomic E-state index is 0.0328. The Bertz CT molecular complexity index is 1370. The van der Waals surface area contributed by atoms with Crippen LogP contribution in [-0.4, -0.2) is 26.8 Å². The van der Waals surface area contributed by atoms with Gasteiger partial charge in [-0.15, -0.1) is 0 Å². The van der Waals surface area contributed by atoms with Crippen molar-refractivity contribution in [3.8, 4) is 34.8 Å². The van der Waals surface area contributed by atoms with Gasteiger partial charge < -0.3 is 29.4 Å². The summed E-state index contributed by atoms with van der Waals surface area (Å²) in [6.07, 6.45) is 0. The van der Waals surface area contributed by atoms with E-state index in [1.807, 2.05) is 30.3 Å². The van der Waals surface area contributed by atoms with Gasteiger partial charge in [0.15, 0.2) is 6.61 Å². The first-order valence-electron chi connectivity index (χ1n) is 11.7. The van der Waals surface area contributed by atoms with Crippen molar-refractivity contribution in [3.63, 3.8) is 0 Å². The molecule has 8 nitrogen and oxygen atoms in total. The lowest BCUT2D eigenvalue weighted by Gasteiger charge is -2.27. The highest BCUT2D eigenvalue weighted by molar-refractivity contribution is 5.74. The zero-order valence-electron chi connectivity index (χ0n) is 21.1. The first kappa shape index (κ1) is 25.5. The second-order valence-corrected chi connectivity index (χ2v) is 8.72. The van der Waals surface area contributed by atoms with Crippen LogP contribution >= 0.6 is 0 Å². The van der Waals surface area contributed by atoms with E-state index in [0.717, 1.165) is 0 Å². The van der Waals surface area contributed by atoms with Crippen molar-refractivity contribution in [2.45, 2.75) is 25.7 Å². The highest BCUT2D eigenvalue weighted by Gasteiger charge is 2.33. The number of benzene rings is 3. The van der Waals surface area contributed by atoms with E-state index >= 15 is 0 Å². The van der Waals surface area contributed by atoms with Gasteiger partial charge in [-0.1, -0.05) is 38.1 Å². The summed E-state index contributed by atoms with van der Waals surface area (Å²) in [5.74, 6) is 1.61. The van der Waals surface area contributed by atoms with E-state index in [1.54, 1.807) is 44.6 Å². The van der Waals surface area contributed by atoms with Crippen LogP contribution in [0.1, 0.15) is 42.4 Å². The fraction of sp³-hybridized carbons (Fsp3) is 0.241. The van der Waals surface area contributed by atoms with Crippen molar-refractivity contribution in [1.82, 2.24) is 0 Å². The predicted molar refractivity (Wildman–Crippen MR) is 137 cm³/mol. The van der Waals surface area contributed by atoms with E-state index < -0.39 is 11.9 Å². The molecule has 1 aliphatic rings. The molecular formula is C29H28N2O6. The lowest BCUT2D eigenvalue weighted by atomic mass is 9.83. The molecule has 4 rings (SSSR count). The molecule has 1 unspecified atom stereocenters. The number of nitriles is 1. The van der Waals surface area contributed by atoms with Gasteiger partial charge in [-0.25, -0.2) is 4.79 Å². The fourth-order valence-corrected chi connectivity index (χ4v) is 4.13. The topological polar surface area (TPSA) is 113 Å². The third kappa shape index (κ3) is 5.46. The molecular weight excluding hydrogens is 472 g/mol. The molecule has 1 heterocycles. The quantitative estimate of drug-likeness (QED) is 0.338. The molecule has 190 valence electrons. The number of methoxy groups -OCH3 is 2. The van der Waals surface area contributed by atoms with Gasteiger partial charge in [0.25, 0.3) is 0 Å². The Balaban J connectivity index is 1.54. The molecule has 1 atom stereocenters. The number of nitrogens with zero attached hydrogens (tertiary/aromatic N) is 1. The van der Waals surface area contributed by atoms with Crippen LogP contribution in [0, 0.1) is 11.3 Å². The van der Waals surface area contributed by atoms with Crippen molar-refractivity contribution in [3.05, 3.63) is 88.8 Å². The Morgan fingerprint density at radius 2 is 1.65 bits per heavy atom. The van der Waals surface area contributed by atoms with Crippen LogP contribution in [0.25, 0.3) is 0 Å². The molecule has 0 aliphatic carbocycles. The van der Waals surface area contributed by atoms with Gasteiger partial charge >= 0.3 is 5.97 Å². The summed E-state index contributed by atoms with van der Waals surface area (Å²) in [5, 5.41) is 9.84. The largest absolute Gasteiger partial charge is 0.497 e. The summed E-state index contributed by atoms with van der Waals surface area (Å²) in [4.78, 5) is 12.4. The number of carbonyl (C=O) groups is 1. The maximum atomic E-state index is 12.4. The Labute approximate surface area is 215 Å². The van der Waals surface area contributed by atoms with Gasteiger partial charge in [-0.2, -0.15) is 5.26 Å². The Kier molecular flexibility index (Phi) is 7.54. The van der Waals surface area contributed by atoms with Gasteiger partial charge in [0, 0.05) is 23.3 Å². The number of carbonyl (C=O) groups excluding carboxylic acids is 1. The Hall–Kier alpha value is -4.64. The molecule has 0 saturated carbocycles. The smallest absolute Gasteiger partial charge is 0.349 e. The molecule has 0 radical (unpaired) electrons. The Morgan fingerprint density at radius 1 is 0.973 bits per heavy atom. The molecule has 0 bridgehead atoms. The summed E-state index contributed by atoms with van der Waals surface area (Å²) in [6, 6.07) is 20.0. The summed E-state index contributed by atoms with van der Waals surface area (Å²) >= 11 is 0. The second-order valence-electron chi connectivity index (χ2n) is 8.72. The monoisotopic (exact) mass is 500 g/mol. The van der Waals surface area contributed by atoms with Crippen molar-refractivity contribution >= 4 is 5.97 Å². The average Bonchev–Trinajstić information content (AvgIpc) is 2.90. The predicted octanol–water partition coefficient (Wildman–Crippen LogP) is 5.03. The van der Waals surface area contributed by atoms with Gasteiger partial charge in [0.1, 0.15) is 40.4 Å². The molecule has 3 aromatic rings. The molecule has 0 spiro atoms. The van der Waals surface area contributed by atoms with Gasteiger partial charge in [-0.05, 0) is 35.7 Å². The normalized spacial score (nSPS) is 14.3. The number of nitrogens with two attached hydrogens (primary N) is 1. The van der Waals surface area contributed by atoms with Crippen molar-refractivity contribution in [2.75, 3.05) is 20.8 Å². The van der Waals surface area contributed by atoms with Gasteiger partial charge in [0.05, 0.1) is 20.1 Å². The number of ether oxygens (including phenoxy) is 5. The summed E-state index contributed by atoms with van der Waals surface area (Å²) < 4.78 is 27.6. The van der Waals surface area contributed by atoms with Crippen LogP contribution in [0.15, 0.2) is 72.1 Å². The molecule has 2 N–H and O–H groups in total. The maximum Gasteiger partial charge on any atom is 0.349 e. The standard InChI is InChI=1S/C29H28N2O6/c1-17(2)18-5-7-19(8-6-18)35-16-27(32)36-21-10-12-23-26(14-21)37-29(31)24(15-30)28(23)22-11-9-20(33-3)13-25(22)34-4/h5-14,17,28H,16,31H2,1-4H3. The van der Waals surface area contributed by atoms with Crippen LogP contribution in [0.3, 0.4) is 0 Å². The summed E-state index contributed by atoms with van der Waals surface area (Å²) in [7, 11) is 3.11. The van der Waals surface area contributed by atoms with Crippen LogP contribution in [0.4, 0.5) is 0 Å². The number of hydrogen-bond acceptors (Lipinski definition) is 8. The van der Waals surface area contributed by atoms with Gasteiger partial charge in [-0.3, -0.25) is 0 Å². The van der Waals surface area contributed by atoms with E-state index in [9.17, 15) is 10.1 Å². The minimum atomic E-state index is -0.571. The van der Waals surface area contributed by atoms with E-state index in [0.29, 0.717) is 40.0 Å². The number of hydrogen-bond donors (Lipinski definition) is 1. The number of rotatable bonds is 8. The van der Waals surface area contributed by atoms with E-state index in [1.165, 1.54) is 5.56 Å². The van der Waals surface area contributed by atoms with Crippen LogP contribution in [0.2, 0.25) is 0 Å². The maximum absolute atomic E-state index is 12.4. The lowest BCUT2D eigenvalue weighted by molar-refractivity contribution is -0.136. The van der Waals surface area contributed by atoms with Gasteiger partial charge in [0.2, 0.25) is 5.88 Å². The molecule has 8 heteroatoms. The van der Waals surface area contributed by atoms with E-state index in [-0.39, 0.29) is 23.8 Å². The van der Waals surface area contributed by atoms with Crippen LogP contribution < -0.4 is 29.4 Å². The van der Waals surface area contributed by atoms with Crippen molar-refractivity contribution < 1.29 is 28.5 Å². The Morgan fingerprint density at radius 3 is 2.30 bits per heavy atom.